The Kier molecular flexibility index (Phi) is 6.42. The van der Waals surface area contributed by atoms with Crippen LogP contribution in [0.15, 0.2) is 45.5 Å². The van der Waals surface area contributed by atoms with Crippen LogP contribution in [0.25, 0.3) is 11.3 Å². The molecule has 1 atom stereocenters. The quantitative estimate of drug-likeness (QED) is 0.466. The molecule has 0 radical (unpaired) electrons. The lowest BCUT2D eigenvalue weighted by molar-refractivity contribution is -0.119. The minimum atomic E-state index is -0.808. The molecule has 3 rings (SSSR count). The summed E-state index contributed by atoms with van der Waals surface area (Å²) in [5.41, 5.74) is 1.03. The number of hydrogen-bond donors (Lipinski definition) is 1. The zero-order valence-corrected chi connectivity index (χ0v) is 17.2. The molecular formula is C18H19N5O3S2. The molecule has 8 nitrogen and oxygen atoms in total. The van der Waals surface area contributed by atoms with Crippen molar-refractivity contribution in [2.75, 3.05) is 18.2 Å². The number of benzene rings is 1. The first-order chi connectivity index (χ1) is 13.5. The van der Waals surface area contributed by atoms with Gasteiger partial charge in [0.05, 0.1) is 12.8 Å². The van der Waals surface area contributed by atoms with Crippen molar-refractivity contribution < 1.29 is 9.53 Å². The van der Waals surface area contributed by atoms with Crippen LogP contribution in [0, 0.1) is 0 Å². The normalized spacial score (nSPS) is 11.8. The maximum absolute atomic E-state index is 12.6. The van der Waals surface area contributed by atoms with E-state index < -0.39 is 6.04 Å². The molecule has 10 heteroatoms. The highest BCUT2D eigenvalue weighted by Gasteiger charge is 2.20. The molecule has 0 spiro atoms. The number of hydrogen-bond acceptors (Lipinski definition) is 8. The molecule has 2 aromatic heterocycles. The summed E-state index contributed by atoms with van der Waals surface area (Å²) in [7, 11) is 1.59. The van der Waals surface area contributed by atoms with Crippen molar-refractivity contribution in [2.45, 2.75) is 24.2 Å². The van der Waals surface area contributed by atoms with E-state index in [2.05, 4.69) is 20.6 Å². The number of carbonyl (C=O) groups is 1. The van der Waals surface area contributed by atoms with Crippen molar-refractivity contribution in [3.05, 3.63) is 46.8 Å². The molecule has 0 saturated heterocycles. The number of thioether (sulfide) groups is 1. The van der Waals surface area contributed by atoms with Crippen LogP contribution < -0.4 is 15.6 Å². The fraction of sp³-hybridized carbons (Fsp3) is 0.278. The molecular weight excluding hydrogens is 398 g/mol. The molecule has 0 bridgehead atoms. The van der Waals surface area contributed by atoms with Crippen LogP contribution >= 0.6 is 23.1 Å². The van der Waals surface area contributed by atoms with E-state index in [4.69, 9.17) is 4.74 Å². The Morgan fingerprint density at radius 1 is 1.25 bits per heavy atom. The minimum absolute atomic E-state index is 0.362. The predicted molar refractivity (Wildman–Crippen MR) is 110 cm³/mol. The summed E-state index contributed by atoms with van der Waals surface area (Å²) in [6.07, 6.45) is 0. The van der Waals surface area contributed by atoms with Gasteiger partial charge in [0.25, 0.3) is 11.5 Å². The third kappa shape index (κ3) is 4.57. The molecule has 1 N–H and O–H groups in total. The lowest BCUT2D eigenvalue weighted by Gasteiger charge is -2.14. The average Bonchev–Trinajstić information content (AvgIpc) is 3.15. The Labute approximate surface area is 170 Å². The Balaban J connectivity index is 1.80. The van der Waals surface area contributed by atoms with Gasteiger partial charge in [-0.05, 0) is 43.0 Å². The first-order valence-electron chi connectivity index (χ1n) is 8.53. The first-order valence-corrected chi connectivity index (χ1v) is 10.3. The number of nitrogens with one attached hydrogen (secondary N) is 1. The molecule has 3 aromatic rings. The number of aromatic nitrogens is 4. The largest absolute Gasteiger partial charge is 0.497 e. The van der Waals surface area contributed by atoms with E-state index in [9.17, 15) is 9.59 Å². The molecule has 0 saturated carbocycles. The van der Waals surface area contributed by atoms with E-state index in [0.29, 0.717) is 10.8 Å². The molecule has 2 heterocycles. The van der Waals surface area contributed by atoms with Gasteiger partial charge in [0.15, 0.2) is 4.34 Å². The van der Waals surface area contributed by atoms with Gasteiger partial charge in [-0.25, -0.2) is 4.68 Å². The summed E-state index contributed by atoms with van der Waals surface area (Å²) >= 11 is 2.84. The zero-order valence-electron chi connectivity index (χ0n) is 15.6. The molecule has 0 aliphatic rings. The van der Waals surface area contributed by atoms with Crippen LogP contribution in [0.3, 0.4) is 0 Å². The average molecular weight is 418 g/mol. The molecule has 0 aliphatic heterocycles. The maximum Gasteiger partial charge on any atom is 0.267 e. The smallest absolute Gasteiger partial charge is 0.267 e. The van der Waals surface area contributed by atoms with E-state index in [0.717, 1.165) is 26.1 Å². The highest BCUT2D eigenvalue weighted by molar-refractivity contribution is 8.01. The number of carbonyl (C=O) groups excluding carboxylic acids is 1. The lowest BCUT2D eigenvalue weighted by atomic mass is 10.1. The molecule has 0 fully saturated rings. The van der Waals surface area contributed by atoms with E-state index in [1.807, 2.05) is 31.2 Å². The Morgan fingerprint density at radius 2 is 2.00 bits per heavy atom. The first kappa shape index (κ1) is 20.0. The van der Waals surface area contributed by atoms with Crippen molar-refractivity contribution >= 4 is 34.1 Å². The monoisotopic (exact) mass is 417 g/mol. The number of methoxy groups -OCH3 is 1. The van der Waals surface area contributed by atoms with E-state index in [1.54, 1.807) is 31.9 Å². The summed E-state index contributed by atoms with van der Waals surface area (Å²) in [5, 5.41) is 15.4. The van der Waals surface area contributed by atoms with Crippen molar-refractivity contribution in [3.63, 3.8) is 0 Å². The molecule has 0 aliphatic carbocycles. The Hall–Kier alpha value is -2.72. The molecule has 1 aromatic carbocycles. The Bertz CT molecular complexity index is 1020. The van der Waals surface area contributed by atoms with E-state index in [1.165, 1.54) is 17.4 Å². The van der Waals surface area contributed by atoms with Gasteiger partial charge in [0.2, 0.25) is 5.13 Å². The van der Waals surface area contributed by atoms with Crippen LogP contribution in [0.4, 0.5) is 5.13 Å². The zero-order chi connectivity index (χ0) is 20.1. The lowest BCUT2D eigenvalue weighted by Crippen LogP contribution is -2.33. The molecule has 28 heavy (non-hydrogen) atoms. The second kappa shape index (κ2) is 8.98. The highest BCUT2D eigenvalue weighted by Crippen LogP contribution is 2.25. The summed E-state index contributed by atoms with van der Waals surface area (Å²) in [6, 6.07) is 9.52. The van der Waals surface area contributed by atoms with E-state index >= 15 is 0 Å². The number of amides is 1. The topological polar surface area (TPSA) is 99.0 Å². The SMILES string of the molecule is CCSc1nnc(NC(=O)C(C)n2nc(-c3ccc(OC)cc3)ccc2=O)s1. The van der Waals surface area contributed by atoms with Gasteiger partial charge in [-0.2, -0.15) is 5.10 Å². The summed E-state index contributed by atoms with van der Waals surface area (Å²) < 4.78 is 7.10. The fourth-order valence-electron chi connectivity index (χ4n) is 2.38. The molecule has 1 unspecified atom stereocenters. The molecule has 1 amide bonds. The van der Waals surface area contributed by atoms with Crippen molar-refractivity contribution in [3.8, 4) is 17.0 Å². The number of nitrogens with zero attached hydrogens (tertiary/aromatic N) is 4. The van der Waals surface area contributed by atoms with E-state index in [-0.39, 0.29) is 11.5 Å². The Morgan fingerprint density at radius 3 is 2.68 bits per heavy atom. The third-order valence-electron chi connectivity index (χ3n) is 3.86. The summed E-state index contributed by atoms with van der Waals surface area (Å²) in [6.45, 7) is 3.63. The van der Waals surface area contributed by atoms with Gasteiger partial charge < -0.3 is 4.74 Å². The van der Waals surface area contributed by atoms with Gasteiger partial charge in [0.1, 0.15) is 11.8 Å². The second-order valence-corrected chi connectivity index (χ2v) is 8.19. The van der Waals surface area contributed by atoms with Gasteiger partial charge in [-0.3, -0.25) is 14.9 Å². The number of ether oxygens (including phenoxy) is 1. The van der Waals surface area contributed by atoms with Gasteiger partial charge in [-0.15, -0.1) is 10.2 Å². The van der Waals surface area contributed by atoms with Crippen LogP contribution in [0.1, 0.15) is 19.9 Å². The summed E-state index contributed by atoms with van der Waals surface area (Å²) in [4.78, 5) is 24.8. The van der Waals surface area contributed by atoms with Gasteiger partial charge in [0, 0.05) is 11.6 Å². The van der Waals surface area contributed by atoms with Gasteiger partial charge in [-0.1, -0.05) is 30.0 Å². The number of anilines is 1. The fourth-order valence-corrected chi connectivity index (χ4v) is 4.03. The van der Waals surface area contributed by atoms with Crippen LogP contribution in [0.5, 0.6) is 5.75 Å². The highest BCUT2D eigenvalue weighted by atomic mass is 32.2. The summed E-state index contributed by atoms with van der Waals surface area (Å²) in [5.74, 6) is 1.21. The van der Waals surface area contributed by atoms with Gasteiger partial charge >= 0.3 is 0 Å². The van der Waals surface area contributed by atoms with Crippen molar-refractivity contribution in [1.29, 1.82) is 0 Å². The maximum atomic E-state index is 12.6. The van der Waals surface area contributed by atoms with Crippen LogP contribution in [-0.2, 0) is 4.79 Å². The number of rotatable bonds is 7. The standard InChI is InChI=1S/C18H19N5O3S2/c1-4-27-18-21-20-17(28-18)19-16(25)11(2)23-15(24)10-9-14(22-23)12-5-7-13(26-3)8-6-12/h5-11H,4H2,1-3H3,(H,19,20,25). The van der Waals surface area contributed by atoms with Crippen molar-refractivity contribution in [1.82, 2.24) is 20.0 Å². The van der Waals surface area contributed by atoms with Crippen LogP contribution in [0.2, 0.25) is 0 Å². The third-order valence-corrected chi connectivity index (χ3v) is 5.72. The predicted octanol–water partition coefficient (Wildman–Crippen LogP) is 3.08. The van der Waals surface area contributed by atoms with Crippen molar-refractivity contribution in [2.24, 2.45) is 0 Å². The second-order valence-electron chi connectivity index (χ2n) is 5.70. The van der Waals surface area contributed by atoms with Crippen LogP contribution in [-0.4, -0.2) is 38.7 Å². The molecule has 146 valence electrons. The minimum Gasteiger partial charge on any atom is -0.497 e.